The molecular formula is C14H9N3O3S. The lowest BCUT2D eigenvalue weighted by molar-refractivity contribution is -0.125. The first-order valence-corrected chi connectivity index (χ1v) is 6.89. The fourth-order valence-corrected chi connectivity index (χ4v) is 3.09. The Labute approximate surface area is 123 Å². The number of allylic oxidation sites excluding steroid dienone is 1. The molecule has 0 radical (unpaired) electrons. The molecule has 6 nitrogen and oxygen atoms in total. The molecule has 0 fully saturated rings. The summed E-state index contributed by atoms with van der Waals surface area (Å²) in [4.78, 5) is 36.3. The van der Waals surface area contributed by atoms with E-state index in [2.05, 4.69) is 0 Å². The number of Topliss-reactive ketones (excluding diaryl/α,β-unsaturated/α-hetero) is 1. The number of thiazole rings is 1. The van der Waals surface area contributed by atoms with Gasteiger partial charge in [0.1, 0.15) is 11.6 Å². The number of fused-ring (bicyclic) bond motifs is 1. The smallest absolute Gasteiger partial charge is 0.302 e. The molecule has 0 spiro atoms. The normalized spacial score (nSPS) is 15.2. The van der Waals surface area contributed by atoms with Crippen LogP contribution in [0.4, 0.5) is 5.69 Å². The lowest BCUT2D eigenvalue weighted by Crippen LogP contribution is -2.32. The SMILES string of the molecule is Cn1c(=O)sc2cc(N3C=C(C#N)C(=O)CC3=O)ccc21. The fraction of sp³-hybridized carbons (Fsp3) is 0.143. The van der Waals surface area contributed by atoms with Crippen LogP contribution in [-0.4, -0.2) is 16.3 Å². The lowest BCUT2D eigenvalue weighted by atomic mass is 10.1. The minimum absolute atomic E-state index is 0.0454. The highest BCUT2D eigenvalue weighted by Crippen LogP contribution is 2.27. The summed E-state index contributed by atoms with van der Waals surface area (Å²) in [6.45, 7) is 0. The van der Waals surface area contributed by atoms with Gasteiger partial charge in [0.2, 0.25) is 5.91 Å². The van der Waals surface area contributed by atoms with Crippen LogP contribution in [0.2, 0.25) is 0 Å². The van der Waals surface area contributed by atoms with E-state index in [9.17, 15) is 14.4 Å². The summed E-state index contributed by atoms with van der Waals surface area (Å²) >= 11 is 1.08. The van der Waals surface area contributed by atoms with E-state index in [1.165, 1.54) is 15.7 Å². The monoisotopic (exact) mass is 299 g/mol. The third-order valence-corrected chi connectivity index (χ3v) is 4.31. The number of carbonyl (C=O) groups excluding carboxylic acids is 2. The van der Waals surface area contributed by atoms with Gasteiger partial charge in [0.15, 0.2) is 5.78 Å². The Morgan fingerprint density at radius 1 is 1.29 bits per heavy atom. The fourth-order valence-electron chi connectivity index (χ4n) is 2.17. The van der Waals surface area contributed by atoms with Gasteiger partial charge in [0.25, 0.3) is 0 Å². The Bertz CT molecular complexity index is 914. The predicted octanol–water partition coefficient (Wildman–Crippen LogP) is 1.31. The molecule has 0 atom stereocenters. The Kier molecular flexibility index (Phi) is 2.96. The molecule has 1 aliphatic rings. The minimum Gasteiger partial charge on any atom is -0.302 e. The van der Waals surface area contributed by atoms with Crippen LogP contribution in [0.3, 0.4) is 0 Å². The molecule has 2 heterocycles. The number of carbonyl (C=O) groups is 2. The summed E-state index contributed by atoms with van der Waals surface area (Å²) in [5.41, 5.74) is 1.27. The number of amides is 1. The maximum atomic E-state index is 12.0. The number of hydrogen-bond donors (Lipinski definition) is 0. The number of nitriles is 1. The van der Waals surface area contributed by atoms with Gasteiger partial charge in [-0.05, 0) is 18.2 Å². The van der Waals surface area contributed by atoms with Crippen LogP contribution in [0.1, 0.15) is 6.42 Å². The highest BCUT2D eigenvalue weighted by Gasteiger charge is 2.26. The van der Waals surface area contributed by atoms with E-state index in [1.807, 2.05) is 0 Å². The number of benzene rings is 1. The van der Waals surface area contributed by atoms with Crippen molar-refractivity contribution in [1.82, 2.24) is 4.57 Å². The number of aryl methyl sites for hydroxylation is 1. The average molecular weight is 299 g/mol. The number of anilines is 1. The third kappa shape index (κ3) is 2.06. The van der Waals surface area contributed by atoms with E-state index >= 15 is 0 Å². The molecule has 0 saturated carbocycles. The second-order valence-corrected chi connectivity index (χ2v) is 5.59. The van der Waals surface area contributed by atoms with E-state index in [-0.39, 0.29) is 22.8 Å². The second kappa shape index (κ2) is 4.68. The molecule has 1 aromatic carbocycles. The van der Waals surface area contributed by atoms with Crippen LogP contribution in [0.25, 0.3) is 10.2 Å². The first-order chi connectivity index (χ1) is 10.0. The predicted molar refractivity (Wildman–Crippen MR) is 77.9 cm³/mol. The summed E-state index contributed by atoms with van der Waals surface area (Å²) in [6.07, 6.45) is 0.934. The molecule has 0 N–H and O–H groups in total. The number of nitrogens with zero attached hydrogens (tertiary/aromatic N) is 3. The van der Waals surface area contributed by atoms with E-state index < -0.39 is 5.78 Å². The lowest BCUT2D eigenvalue weighted by Gasteiger charge is -2.22. The summed E-state index contributed by atoms with van der Waals surface area (Å²) in [5, 5.41) is 8.90. The van der Waals surface area contributed by atoms with Gasteiger partial charge < -0.3 is 4.57 Å². The van der Waals surface area contributed by atoms with Crippen LogP contribution in [-0.2, 0) is 16.6 Å². The van der Waals surface area contributed by atoms with Crippen molar-refractivity contribution in [1.29, 1.82) is 5.26 Å². The van der Waals surface area contributed by atoms with E-state index in [0.717, 1.165) is 21.6 Å². The van der Waals surface area contributed by atoms with Crippen molar-refractivity contribution in [3.05, 3.63) is 39.6 Å². The third-order valence-electron chi connectivity index (χ3n) is 3.31. The van der Waals surface area contributed by atoms with Crippen molar-refractivity contribution in [2.24, 2.45) is 7.05 Å². The van der Waals surface area contributed by atoms with Gasteiger partial charge in [-0.1, -0.05) is 11.3 Å². The standard InChI is InChI=1S/C14H9N3O3S/c1-16-10-3-2-9(4-12(10)21-14(16)20)17-7-8(6-15)11(18)5-13(17)19/h2-4,7H,5H2,1H3. The van der Waals surface area contributed by atoms with Crippen molar-refractivity contribution in [3.8, 4) is 6.07 Å². The van der Waals surface area contributed by atoms with Crippen molar-refractivity contribution < 1.29 is 9.59 Å². The zero-order valence-corrected chi connectivity index (χ0v) is 11.8. The maximum absolute atomic E-state index is 12.0. The van der Waals surface area contributed by atoms with Gasteiger partial charge >= 0.3 is 4.87 Å². The Morgan fingerprint density at radius 3 is 2.76 bits per heavy atom. The molecule has 0 bridgehead atoms. The molecule has 3 rings (SSSR count). The topological polar surface area (TPSA) is 83.2 Å². The second-order valence-electron chi connectivity index (χ2n) is 4.60. The van der Waals surface area contributed by atoms with Gasteiger partial charge in [-0.3, -0.25) is 19.3 Å². The highest BCUT2D eigenvalue weighted by molar-refractivity contribution is 7.16. The average Bonchev–Trinajstić information content (AvgIpc) is 2.74. The Balaban J connectivity index is 2.14. The molecule has 1 aromatic heterocycles. The Hall–Kier alpha value is -2.72. The molecule has 7 heteroatoms. The molecule has 0 aliphatic carbocycles. The van der Waals surface area contributed by atoms with Crippen molar-refractivity contribution in [2.45, 2.75) is 6.42 Å². The molecule has 0 saturated heterocycles. The quantitative estimate of drug-likeness (QED) is 0.743. The zero-order valence-electron chi connectivity index (χ0n) is 11.0. The summed E-state index contributed by atoms with van der Waals surface area (Å²) < 4.78 is 2.28. The molecule has 104 valence electrons. The van der Waals surface area contributed by atoms with Crippen molar-refractivity contribution >= 4 is 38.9 Å². The van der Waals surface area contributed by atoms with Crippen molar-refractivity contribution in [3.63, 3.8) is 0 Å². The van der Waals surface area contributed by atoms with Crippen LogP contribution < -0.4 is 9.77 Å². The van der Waals surface area contributed by atoms with Crippen LogP contribution in [0, 0.1) is 11.3 Å². The number of aromatic nitrogens is 1. The van der Waals surface area contributed by atoms with Gasteiger partial charge in [0, 0.05) is 18.9 Å². The van der Waals surface area contributed by atoms with Crippen LogP contribution in [0.5, 0.6) is 0 Å². The zero-order chi connectivity index (χ0) is 15.1. The summed E-state index contributed by atoms with van der Waals surface area (Å²) in [6, 6.07) is 6.93. The number of hydrogen-bond acceptors (Lipinski definition) is 5. The van der Waals surface area contributed by atoms with E-state index in [1.54, 1.807) is 31.3 Å². The molecular weight excluding hydrogens is 290 g/mol. The van der Waals surface area contributed by atoms with Gasteiger partial charge in [-0.15, -0.1) is 0 Å². The van der Waals surface area contributed by atoms with Crippen LogP contribution in [0.15, 0.2) is 34.8 Å². The maximum Gasteiger partial charge on any atom is 0.307 e. The Morgan fingerprint density at radius 2 is 2.05 bits per heavy atom. The summed E-state index contributed by atoms with van der Waals surface area (Å²) in [5.74, 6) is -0.856. The van der Waals surface area contributed by atoms with E-state index in [0.29, 0.717) is 5.69 Å². The number of ketones is 1. The first-order valence-electron chi connectivity index (χ1n) is 6.08. The highest BCUT2D eigenvalue weighted by atomic mass is 32.1. The van der Waals surface area contributed by atoms with Gasteiger partial charge in [0.05, 0.1) is 16.6 Å². The number of rotatable bonds is 1. The van der Waals surface area contributed by atoms with Crippen LogP contribution >= 0.6 is 11.3 Å². The van der Waals surface area contributed by atoms with Crippen molar-refractivity contribution in [2.75, 3.05) is 4.90 Å². The molecule has 0 unspecified atom stereocenters. The molecule has 1 amide bonds. The minimum atomic E-state index is -0.468. The first kappa shape index (κ1) is 13.3. The molecule has 1 aliphatic heterocycles. The van der Waals surface area contributed by atoms with Gasteiger partial charge in [-0.2, -0.15) is 5.26 Å². The largest absolute Gasteiger partial charge is 0.307 e. The summed E-state index contributed by atoms with van der Waals surface area (Å²) in [7, 11) is 1.68. The van der Waals surface area contributed by atoms with E-state index in [4.69, 9.17) is 5.26 Å². The molecule has 2 aromatic rings. The molecule has 21 heavy (non-hydrogen) atoms. The van der Waals surface area contributed by atoms with Gasteiger partial charge in [-0.25, -0.2) is 0 Å².